The number of aliphatic hydroxyl groups is 1. The van der Waals surface area contributed by atoms with Gasteiger partial charge in [0.05, 0.1) is 6.10 Å². The maximum Gasteiger partial charge on any atom is 0.0790 e. The first-order valence-corrected chi connectivity index (χ1v) is 6.59. The molecule has 0 aliphatic heterocycles. The average Bonchev–Trinajstić information content (AvgIpc) is 2.24. The predicted molar refractivity (Wildman–Crippen MR) is 67.5 cm³/mol. The third-order valence-corrected chi connectivity index (χ3v) is 3.73. The second-order valence-corrected chi connectivity index (χ2v) is 4.95. The van der Waals surface area contributed by atoms with Gasteiger partial charge in [0.1, 0.15) is 0 Å². The Morgan fingerprint density at radius 2 is 1.94 bits per heavy atom. The summed E-state index contributed by atoms with van der Waals surface area (Å²) in [6.07, 6.45) is 6.94. The van der Waals surface area contributed by atoms with Gasteiger partial charge in [-0.3, -0.25) is 0 Å². The van der Waals surface area contributed by atoms with Crippen LogP contribution in [0.25, 0.3) is 0 Å². The SMILES string of the molecule is CCCCC(O)c1ccc(C2CCC2)cc1. The summed E-state index contributed by atoms with van der Waals surface area (Å²) < 4.78 is 0. The molecule has 0 bridgehead atoms. The standard InChI is InChI=1S/C15H22O/c1-2-3-7-15(16)14-10-8-13(9-11-14)12-5-4-6-12/h8-12,15-16H,2-7H2,1H3. The molecule has 0 radical (unpaired) electrons. The Morgan fingerprint density at radius 1 is 1.25 bits per heavy atom. The molecule has 1 atom stereocenters. The maximum atomic E-state index is 9.95. The van der Waals surface area contributed by atoms with Gasteiger partial charge in [-0.25, -0.2) is 0 Å². The molecule has 0 aromatic heterocycles. The van der Waals surface area contributed by atoms with E-state index in [1.54, 1.807) is 0 Å². The van der Waals surface area contributed by atoms with Crippen molar-refractivity contribution >= 4 is 0 Å². The average molecular weight is 218 g/mol. The third-order valence-electron chi connectivity index (χ3n) is 3.73. The summed E-state index contributed by atoms with van der Waals surface area (Å²) in [6, 6.07) is 8.62. The van der Waals surface area contributed by atoms with Crippen LogP contribution < -0.4 is 0 Å². The fourth-order valence-electron chi connectivity index (χ4n) is 2.30. The predicted octanol–water partition coefficient (Wildman–Crippen LogP) is 4.18. The molecule has 2 rings (SSSR count). The van der Waals surface area contributed by atoms with Crippen LogP contribution in [-0.2, 0) is 0 Å². The molecule has 1 aromatic carbocycles. The highest BCUT2D eigenvalue weighted by Gasteiger charge is 2.19. The molecular weight excluding hydrogens is 196 g/mol. The summed E-state index contributed by atoms with van der Waals surface area (Å²) >= 11 is 0. The zero-order valence-corrected chi connectivity index (χ0v) is 10.2. The lowest BCUT2D eigenvalue weighted by Crippen LogP contribution is -2.08. The third kappa shape index (κ3) is 2.65. The van der Waals surface area contributed by atoms with Crippen molar-refractivity contribution in [2.24, 2.45) is 0 Å². The Kier molecular flexibility index (Phi) is 4.00. The van der Waals surface area contributed by atoms with Crippen LogP contribution in [0.2, 0.25) is 0 Å². The molecule has 16 heavy (non-hydrogen) atoms. The van der Waals surface area contributed by atoms with Crippen LogP contribution in [0, 0.1) is 0 Å². The van der Waals surface area contributed by atoms with E-state index in [0.717, 1.165) is 30.7 Å². The van der Waals surface area contributed by atoms with Gasteiger partial charge in [-0.2, -0.15) is 0 Å². The summed E-state index contributed by atoms with van der Waals surface area (Å²) in [5.41, 5.74) is 2.54. The normalized spacial score (nSPS) is 18.1. The summed E-state index contributed by atoms with van der Waals surface area (Å²) in [7, 11) is 0. The van der Waals surface area contributed by atoms with Crippen LogP contribution in [0.4, 0.5) is 0 Å². The summed E-state index contributed by atoms with van der Waals surface area (Å²) in [4.78, 5) is 0. The molecule has 1 aliphatic carbocycles. The first-order chi connectivity index (χ1) is 7.81. The van der Waals surface area contributed by atoms with Crippen molar-refractivity contribution in [3.63, 3.8) is 0 Å². The molecule has 1 unspecified atom stereocenters. The Bertz CT molecular complexity index is 311. The Labute approximate surface area is 98.5 Å². The molecule has 0 heterocycles. The highest BCUT2D eigenvalue weighted by atomic mass is 16.3. The lowest BCUT2D eigenvalue weighted by molar-refractivity contribution is 0.164. The number of unbranched alkanes of at least 4 members (excludes halogenated alkanes) is 1. The monoisotopic (exact) mass is 218 g/mol. The number of rotatable bonds is 5. The van der Waals surface area contributed by atoms with Gasteiger partial charge in [0.15, 0.2) is 0 Å². The minimum Gasteiger partial charge on any atom is -0.388 e. The van der Waals surface area contributed by atoms with Crippen LogP contribution in [-0.4, -0.2) is 5.11 Å². The Balaban J connectivity index is 1.95. The smallest absolute Gasteiger partial charge is 0.0790 e. The fourth-order valence-corrected chi connectivity index (χ4v) is 2.30. The lowest BCUT2D eigenvalue weighted by Gasteiger charge is -2.26. The second kappa shape index (κ2) is 5.49. The number of aliphatic hydroxyl groups excluding tert-OH is 1. The molecule has 0 saturated heterocycles. The number of hydrogen-bond donors (Lipinski definition) is 1. The minimum atomic E-state index is -0.268. The van der Waals surface area contributed by atoms with E-state index in [2.05, 4.69) is 31.2 Å². The molecule has 1 heteroatoms. The summed E-state index contributed by atoms with van der Waals surface area (Å²) in [5, 5.41) is 9.95. The zero-order valence-electron chi connectivity index (χ0n) is 10.2. The van der Waals surface area contributed by atoms with Crippen molar-refractivity contribution in [3.8, 4) is 0 Å². The molecule has 1 aromatic rings. The van der Waals surface area contributed by atoms with Gasteiger partial charge < -0.3 is 5.11 Å². The second-order valence-electron chi connectivity index (χ2n) is 4.95. The molecule has 0 amide bonds. The first-order valence-electron chi connectivity index (χ1n) is 6.59. The molecule has 1 aliphatic rings. The van der Waals surface area contributed by atoms with E-state index in [-0.39, 0.29) is 6.10 Å². The van der Waals surface area contributed by atoms with Gasteiger partial charge >= 0.3 is 0 Å². The summed E-state index contributed by atoms with van der Waals surface area (Å²) in [5.74, 6) is 0.793. The molecule has 1 N–H and O–H groups in total. The quantitative estimate of drug-likeness (QED) is 0.786. The van der Waals surface area contributed by atoms with E-state index < -0.39 is 0 Å². The van der Waals surface area contributed by atoms with E-state index in [1.807, 2.05) is 0 Å². The van der Waals surface area contributed by atoms with Crippen molar-refractivity contribution in [2.75, 3.05) is 0 Å². The molecular formula is C15H22O. The molecule has 1 fully saturated rings. The Hall–Kier alpha value is -0.820. The molecule has 1 nitrogen and oxygen atoms in total. The lowest BCUT2D eigenvalue weighted by atomic mass is 9.80. The van der Waals surface area contributed by atoms with Crippen molar-refractivity contribution in [1.29, 1.82) is 0 Å². The van der Waals surface area contributed by atoms with E-state index in [0.29, 0.717) is 0 Å². The molecule has 1 saturated carbocycles. The van der Waals surface area contributed by atoms with Gasteiger partial charge in [-0.15, -0.1) is 0 Å². The zero-order chi connectivity index (χ0) is 11.4. The van der Waals surface area contributed by atoms with E-state index in [4.69, 9.17) is 0 Å². The maximum absolute atomic E-state index is 9.95. The topological polar surface area (TPSA) is 20.2 Å². The van der Waals surface area contributed by atoms with Crippen molar-refractivity contribution < 1.29 is 5.11 Å². The van der Waals surface area contributed by atoms with Crippen LogP contribution in [0.1, 0.15) is 68.6 Å². The number of hydrogen-bond acceptors (Lipinski definition) is 1. The van der Waals surface area contributed by atoms with E-state index >= 15 is 0 Å². The van der Waals surface area contributed by atoms with Gasteiger partial charge in [0.2, 0.25) is 0 Å². The minimum absolute atomic E-state index is 0.268. The van der Waals surface area contributed by atoms with Crippen LogP contribution in [0.5, 0.6) is 0 Å². The largest absolute Gasteiger partial charge is 0.388 e. The van der Waals surface area contributed by atoms with Crippen molar-refractivity contribution in [2.45, 2.75) is 57.5 Å². The van der Waals surface area contributed by atoms with Crippen LogP contribution >= 0.6 is 0 Å². The number of benzene rings is 1. The van der Waals surface area contributed by atoms with Crippen LogP contribution in [0.15, 0.2) is 24.3 Å². The summed E-state index contributed by atoms with van der Waals surface area (Å²) in [6.45, 7) is 2.16. The van der Waals surface area contributed by atoms with Gasteiger partial charge in [0.25, 0.3) is 0 Å². The van der Waals surface area contributed by atoms with E-state index in [1.165, 1.54) is 24.8 Å². The van der Waals surface area contributed by atoms with E-state index in [9.17, 15) is 5.11 Å². The van der Waals surface area contributed by atoms with Gasteiger partial charge in [-0.05, 0) is 36.3 Å². The van der Waals surface area contributed by atoms with Crippen molar-refractivity contribution in [1.82, 2.24) is 0 Å². The molecule has 88 valence electrons. The first kappa shape index (κ1) is 11.7. The van der Waals surface area contributed by atoms with Gasteiger partial charge in [-0.1, -0.05) is 50.5 Å². The molecule has 0 spiro atoms. The van der Waals surface area contributed by atoms with Crippen molar-refractivity contribution in [3.05, 3.63) is 35.4 Å². The fraction of sp³-hybridized carbons (Fsp3) is 0.600. The highest BCUT2D eigenvalue weighted by Crippen LogP contribution is 2.36. The van der Waals surface area contributed by atoms with Crippen LogP contribution in [0.3, 0.4) is 0 Å². The Morgan fingerprint density at radius 3 is 2.44 bits per heavy atom. The van der Waals surface area contributed by atoms with Gasteiger partial charge in [0, 0.05) is 0 Å². The highest BCUT2D eigenvalue weighted by molar-refractivity contribution is 5.27.